The van der Waals surface area contributed by atoms with Crippen LogP contribution in [-0.4, -0.2) is 40.9 Å². The Balaban J connectivity index is 1.48. The molecule has 0 saturated carbocycles. The van der Waals surface area contributed by atoms with Crippen LogP contribution >= 0.6 is 0 Å². The van der Waals surface area contributed by atoms with Gasteiger partial charge in [-0.3, -0.25) is 4.90 Å². The van der Waals surface area contributed by atoms with Crippen LogP contribution in [0.5, 0.6) is 5.75 Å². The molecule has 2 aliphatic rings. The van der Waals surface area contributed by atoms with Gasteiger partial charge in [-0.2, -0.15) is 5.10 Å². The van der Waals surface area contributed by atoms with Crippen LogP contribution in [0.15, 0.2) is 54.6 Å². The molecule has 3 heterocycles. The third kappa shape index (κ3) is 4.40. The smallest absolute Gasteiger partial charge is 0.145 e. The van der Waals surface area contributed by atoms with Crippen molar-refractivity contribution < 1.29 is 4.74 Å². The Morgan fingerprint density at radius 1 is 1.03 bits per heavy atom. The van der Waals surface area contributed by atoms with Gasteiger partial charge in [0.25, 0.3) is 0 Å². The molecule has 1 N–H and O–H groups in total. The fourth-order valence-corrected chi connectivity index (χ4v) is 5.20. The zero-order valence-corrected chi connectivity index (χ0v) is 19.1. The second-order valence-electron chi connectivity index (χ2n) is 8.97. The van der Waals surface area contributed by atoms with E-state index in [9.17, 15) is 0 Å². The first-order valence-corrected chi connectivity index (χ1v) is 12.2. The summed E-state index contributed by atoms with van der Waals surface area (Å²) >= 11 is 0. The Labute approximate surface area is 191 Å². The van der Waals surface area contributed by atoms with E-state index in [1.807, 2.05) is 19.1 Å². The zero-order valence-electron chi connectivity index (χ0n) is 19.1. The lowest BCUT2D eigenvalue weighted by Crippen LogP contribution is -2.34. The maximum atomic E-state index is 5.96. The number of benzene rings is 2. The molecule has 2 aromatic carbocycles. The number of ether oxygens (including phenoxy) is 1. The summed E-state index contributed by atoms with van der Waals surface area (Å²) in [6.45, 7) is 6.95. The summed E-state index contributed by atoms with van der Waals surface area (Å²) in [6, 6.07) is 19.1. The zero-order chi connectivity index (χ0) is 21.8. The second kappa shape index (κ2) is 9.78. The predicted molar refractivity (Wildman–Crippen MR) is 130 cm³/mol. The van der Waals surface area contributed by atoms with E-state index in [2.05, 4.69) is 57.4 Å². The molecule has 1 aromatic heterocycles. The van der Waals surface area contributed by atoms with Crippen molar-refractivity contribution in [2.75, 3.05) is 31.6 Å². The molecule has 168 valence electrons. The number of para-hydroxylation sites is 2. The van der Waals surface area contributed by atoms with E-state index in [0.717, 1.165) is 37.5 Å². The van der Waals surface area contributed by atoms with Gasteiger partial charge in [0.15, 0.2) is 0 Å². The van der Waals surface area contributed by atoms with Crippen LogP contribution in [0.4, 0.5) is 5.82 Å². The highest BCUT2D eigenvalue weighted by Crippen LogP contribution is 2.37. The Kier molecular flexibility index (Phi) is 6.44. The average molecular weight is 431 g/mol. The minimum absolute atomic E-state index is 0.474. The molecule has 1 unspecified atom stereocenters. The number of nitrogens with zero attached hydrogens (tertiary/aromatic N) is 3. The molecule has 1 fully saturated rings. The maximum absolute atomic E-state index is 5.96. The molecule has 0 aliphatic carbocycles. The molecule has 5 rings (SSSR count). The second-order valence-corrected chi connectivity index (χ2v) is 8.97. The maximum Gasteiger partial charge on any atom is 0.145 e. The fourth-order valence-electron chi connectivity index (χ4n) is 5.20. The van der Waals surface area contributed by atoms with Crippen molar-refractivity contribution in [3.05, 3.63) is 71.4 Å². The third-order valence-electron chi connectivity index (χ3n) is 6.70. The van der Waals surface area contributed by atoms with Crippen molar-refractivity contribution in [3.8, 4) is 11.4 Å². The summed E-state index contributed by atoms with van der Waals surface area (Å²) in [6.07, 6.45) is 5.95. The van der Waals surface area contributed by atoms with Gasteiger partial charge in [0.2, 0.25) is 0 Å². The molecule has 0 amide bonds. The van der Waals surface area contributed by atoms with Crippen molar-refractivity contribution in [2.24, 2.45) is 0 Å². The van der Waals surface area contributed by atoms with Crippen LogP contribution in [0, 0.1) is 0 Å². The SMILES string of the molecule is CCOc1ccccc1-n1nc(C2CCCN(Cc3ccccc3)C2)c2c1NCCCC2. The van der Waals surface area contributed by atoms with Crippen molar-refractivity contribution in [1.82, 2.24) is 14.7 Å². The number of aromatic nitrogens is 2. The van der Waals surface area contributed by atoms with Crippen LogP contribution in [0.3, 0.4) is 0 Å². The molecule has 0 radical (unpaired) electrons. The van der Waals surface area contributed by atoms with Gasteiger partial charge in [0, 0.05) is 31.1 Å². The lowest BCUT2D eigenvalue weighted by atomic mass is 9.91. The Morgan fingerprint density at radius 2 is 1.88 bits per heavy atom. The van der Waals surface area contributed by atoms with E-state index in [1.54, 1.807) is 0 Å². The topological polar surface area (TPSA) is 42.3 Å². The average Bonchev–Trinajstić information content (AvgIpc) is 3.01. The summed E-state index contributed by atoms with van der Waals surface area (Å²) < 4.78 is 8.08. The molecule has 1 saturated heterocycles. The molecule has 1 atom stereocenters. The fraction of sp³-hybridized carbons (Fsp3) is 0.444. The normalized spacial score (nSPS) is 19.1. The molecular weight excluding hydrogens is 396 g/mol. The first kappa shape index (κ1) is 21.1. The van der Waals surface area contributed by atoms with Crippen molar-refractivity contribution in [2.45, 2.75) is 51.5 Å². The van der Waals surface area contributed by atoms with E-state index in [0.29, 0.717) is 12.5 Å². The van der Waals surface area contributed by atoms with Crippen LogP contribution < -0.4 is 10.1 Å². The van der Waals surface area contributed by atoms with Crippen molar-refractivity contribution in [1.29, 1.82) is 0 Å². The quantitative estimate of drug-likeness (QED) is 0.569. The Morgan fingerprint density at radius 3 is 2.75 bits per heavy atom. The Hall–Kier alpha value is -2.79. The third-order valence-corrected chi connectivity index (χ3v) is 6.70. The van der Waals surface area contributed by atoms with Gasteiger partial charge in [-0.15, -0.1) is 0 Å². The summed E-state index contributed by atoms with van der Waals surface area (Å²) in [5.74, 6) is 2.54. The van der Waals surface area contributed by atoms with Gasteiger partial charge in [-0.05, 0) is 63.3 Å². The lowest BCUT2D eigenvalue weighted by Gasteiger charge is -2.32. The van der Waals surface area contributed by atoms with Gasteiger partial charge in [0.1, 0.15) is 17.3 Å². The molecule has 32 heavy (non-hydrogen) atoms. The van der Waals surface area contributed by atoms with E-state index >= 15 is 0 Å². The molecule has 2 aliphatic heterocycles. The number of rotatable bonds is 6. The van der Waals surface area contributed by atoms with Gasteiger partial charge in [0.05, 0.1) is 12.3 Å². The monoisotopic (exact) mass is 430 g/mol. The van der Waals surface area contributed by atoms with Crippen LogP contribution in [-0.2, 0) is 13.0 Å². The molecule has 5 nitrogen and oxygen atoms in total. The van der Waals surface area contributed by atoms with Gasteiger partial charge in [-0.1, -0.05) is 42.5 Å². The molecule has 0 bridgehead atoms. The largest absolute Gasteiger partial charge is 0.492 e. The highest BCUT2D eigenvalue weighted by atomic mass is 16.5. The minimum atomic E-state index is 0.474. The highest BCUT2D eigenvalue weighted by molar-refractivity contribution is 5.58. The number of nitrogens with one attached hydrogen (secondary N) is 1. The van der Waals surface area contributed by atoms with Crippen molar-refractivity contribution >= 4 is 5.82 Å². The number of fused-ring (bicyclic) bond motifs is 1. The number of piperidine rings is 1. The number of hydrogen-bond donors (Lipinski definition) is 1. The van der Waals surface area contributed by atoms with Crippen LogP contribution in [0.1, 0.15) is 55.3 Å². The number of hydrogen-bond acceptors (Lipinski definition) is 4. The van der Waals surface area contributed by atoms with E-state index in [-0.39, 0.29) is 0 Å². The highest BCUT2D eigenvalue weighted by Gasteiger charge is 2.30. The van der Waals surface area contributed by atoms with E-state index in [1.165, 1.54) is 54.9 Å². The molecule has 0 spiro atoms. The van der Waals surface area contributed by atoms with E-state index in [4.69, 9.17) is 9.84 Å². The molecule has 3 aromatic rings. The van der Waals surface area contributed by atoms with E-state index < -0.39 is 0 Å². The van der Waals surface area contributed by atoms with Crippen molar-refractivity contribution in [3.63, 3.8) is 0 Å². The minimum Gasteiger partial charge on any atom is -0.492 e. The summed E-state index contributed by atoms with van der Waals surface area (Å²) in [5.41, 5.74) is 5.13. The summed E-state index contributed by atoms with van der Waals surface area (Å²) in [4.78, 5) is 2.60. The first-order valence-electron chi connectivity index (χ1n) is 12.2. The number of likely N-dealkylation sites (tertiary alicyclic amines) is 1. The summed E-state index contributed by atoms with van der Waals surface area (Å²) in [7, 11) is 0. The van der Waals surface area contributed by atoms with Crippen LogP contribution in [0.2, 0.25) is 0 Å². The standard InChI is InChI=1S/C27H34N4O/c1-2-32-25-16-7-6-15-24(25)31-27-23(14-8-9-17-28-27)26(29-31)22-13-10-18-30(20-22)19-21-11-4-3-5-12-21/h3-7,11-12,15-16,22,28H,2,8-10,13-14,17-20H2,1H3. The predicted octanol–water partition coefficient (Wildman–Crippen LogP) is 5.40. The Bertz CT molecular complexity index is 1030. The number of anilines is 1. The van der Waals surface area contributed by atoms with Gasteiger partial charge < -0.3 is 10.1 Å². The van der Waals surface area contributed by atoms with Crippen LogP contribution in [0.25, 0.3) is 5.69 Å². The van der Waals surface area contributed by atoms with Gasteiger partial charge >= 0.3 is 0 Å². The summed E-state index contributed by atoms with van der Waals surface area (Å²) in [5, 5.41) is 8.96. The lowest BCUT2D eigenvalue weighted by molar-refractivity contribution is 0.198. The van der Waals surface area contributed by atoms with Gasteiger partial charge in [-0.25, -0.2) is 4.68 Å². The molecule has 5 heteroatoms. The first-order chi connectivity index (χ1) is 15.8. The molecular formula is C27H34N4O.